The highest BCUT2D eigenvalue weighted by Crippen LogP contribution is 2.35. The first kappa shape index (κ1) is 13.9. The van der Waals surface area contributed by atoms with Gasteiger partial charge in [-0.15, -0.1) is 0 Å². The number of likely N-dealkylation sites (tertiary alicyclic amines) is 1. The molecule has 3 atom stereocenters. The van der Waals surface area contributed by atoms with Crippen LogP contribution in [0.3, 0.4) is 0 Å². The number of hydrogen-bond donors (Lipinski definition) is 0. The van der Waals surface area contributed by atoms with Crippen LogP contribution in [0.15, 0.2) is 24.3 Å². The molecule has 2 heterocycles. The van der Waals surface area contributed by atoms with Crippen molar-refractivity contribution in [1.82, 2.24) is 4.90 Å². The van der Waals surface area contributed by atoms with Crippen molar-refractivity contribution in [3.8, 4) is 0 Å². The van der Waals surface area contributed by atoms with Gasteiger partial charge in [-0.3, -0.25) is 4.90 Å². The first-order chi connectivity index (χ1) is 9.67. The fraction of sp³-hybridized carbons (Fsp3) is 0.667. The van der Waals surface area contributed by atoms with Crippen LogP contribution >= 0.6 is 0 Å². The zero-order valence-corrected chi connectivity index (χ0v) is 13.2. The Hall–Kier alpha value is -1.02. The Morgan fingerprint density at radius 2 is 1.85 bits per heavy atom. The number of fused-ring (bicyclic) bond motifs is 1. The summed E-state index contributed by atoms with van der Waals surface area (Å²) in [5.74, 6) is 1.77. The molecule has 2 aliphatic rings. The maximum absolute atomic E-state index is 2.73. The summed E-state index contributed by atoms with van der Waals surface area (Å²) in [6.45, 7) is 12.0. The predicted molar refractivity (Wildman–Crippen MR) is 86.3 cm³/mol. The number of rotatable bonds is 4. The molecule has 20 heavy (non-hydrogen) atoms. The van der Waals surface area contributed by atoms with Crippen molar-refractivity contribution in [1.29, 1.82) is 0 Å². The Labute approximate surface area is 123 Å². The normalized spacial score (nSPS) is 27.9. The Bertz CT molecular complexity index is 442. The van der Waals surface area contributed by atoms with Gasteiger partial charge in [-0.2, -0.15) is 0 Å². The van der Waals surface area contributed by atoms with E-state index in [1.807, 2.05) is 0 Å². The minimum atomic E-state index is 0.776. The van der Waals surface area contributed by atoms with Crippen LogP contribution in [-0.2, 0) is 0 Å². The second kappa shape index (κ2) is 5.77. The summed E-state index contributed by atoms with van der Waals surface area (Å²) in [6, 6.07) is 9.76. The third kappa shape index (κ3) is 2.71. The molecule has 0 radical (unpaired) electrons. The molecule has 0 aromatic heterocycles. The highest BCUT2D eigenvalue weighted by molar-refractivity contribution is 5.49. The van der Waals surface area contributed by atoms with E-state index in [0.717, 1.165) is 17.9 Å². The molecule has 2 aliphatic heterocycles. The molecule has 2 fully saturated rings. The largest absolute Gasteiger partial charge is 0.371 e. The average Bonchev–Trinajstić information content (AvgIpc) is 2.97. The molecular formula is C18H28N2. The number of anilines is 1. The van der Waals surface area contributed by atoms with E-state index in [-0.39, 0.29) is 0 Å². The molecule has 110 valence electrons. The van der Waals surface area contributed by atoms with Gasteiger partial charge in [0.25, 0.3) is 0 Å². The van der Waals surface area contributed by atoms with Crippen LogP contribution < -0.4 is 4.90 Å². The van der Waals surface area contributed by atoms with Crippen molar-refractivity contribution < 1.29 is 0 Å². The van der Waals surface area contributed by atoms with Gasteiger partial charge >= 0.3 is 0 Å². The van der Waals surface area contributed by atoms with Crippen LogP contribution in [0, 0.1) is 18.8 Å². The molecule has 2 heteroatoms. The van der Waals surface area contributed by atoms with Gasteiger partial charge in [0, 0.05) is 37.9 Å². The summed E-state index contributed by atoms with van der Waals surface area (Å²) in [5, 5.41) is 0. The second-order valence-electron chi connectivity index (χ2n) is 6.86. The molecule has 0 amide bonds. The summed E-state index contributed by atoms with van der Waals surface area (Å²) in [4.78, 5) is 5.33. The maximum atomic E-state index is 2.73. The fourth-order valence-electron chi connectivity index (χ4n) is 4.03. The van der Waals surface area contributed by atoms with Crippen molar-refractivity contribution in [3.63, 3.8) is 0 Å². The number of hydrogen-bond acceptors (Lipinski definition) is 2. The SMILES string of the molecule is CCCC(C)N1CC2CN(c3cccc(C)c3)CC2C1. The standard InChI is InChI=1S/C18H28N2/c1-4-6-15(3)19-10-16-12-20(13-17(16)11-19)18-8-5-7-14(2)9-18/h5,7-9,15-17H,4,6,10-13H2,1-3H3. The molecule has 1 aromatic rings. The van der Waals surface area contributed by atoms with E-state index in [1.165, 1.54) is 50.3 Å². The minimum absolute atomic E-state index is 0.776. The van der Waals surface area contributed by atoms with Gasteiger partial charge in [-0.05, 0) is 49.8 Å². The van der Waals surface area contributed by atoms with Gasteiger partial charge < -0.3 is 4.90 Å². The van der Waals surface area contributed by atoms with Crippen molar-refractivity contribution in [2.75, 3.05) is 31.1 Å². The first-order valence-electron chi connectivity index (χ1n) is 8.23. The summed E-state index contributed by atoms with van der Waals surface area (Å²) in [5.41, 5.74) is 2.80. The maximum Gasteiger partial charge on any atom is 0.0369 e. The van der Waals surface area contributed by atoms with Crippen LogP contribution in [0.4, 0.5) is 5.69 Å². The molecule has 2 nitrogen and oxygen atoms in total. The van der Waals surface area contributed by atoms with Crippen molar-refractivity contribution in [2.45, 2.75) is 39.7 Å². The van der Waals surface area contributed by atoms with Gasteiger partial charge in [0.15, 0.2) is 0 Å². The van der Waals surface area contributed by atoms with Gasteiger partial charge in [-0.25, -0.2) is 0 Å². The summed E-state index contributed by atoms with van der Waals surface area (Å²) >= 11 is 0. The molecule has 3 rings (SSSR count). The predicted octanol–water partition coefficient (Wildman–Crippen LogP) is 3.55. The second-order valence-corrected chi connectivity index (χ2v) is 6.86. The van der Waals surface area contributed by atoms with Crippen LogP contribution in [0.25, 0.3) is 0 Å². The monoisotopic (exact) mass is 272 g/mol. The van der Waals surface area contributed by atoms with Gasteiger partial charge in [0.2, 0.25) is 0 Å². The Balaban J connectivity index is 1.61. The minimum Gasteiger partial charge on any atom is -0.371 e. The van der Waals surface area contributed by atoms with E-state index in [2.05, 4.69) is 54.8 Å². The highest BCUT2D eigenvalue weighted by atomic mass is 15.2. The molecular weight excluding hydrogens is 244 g/mol. The van der Waals surface area contributed by atoms with E-state index in [4.69, 9.17) is 0 Å². The van der Waals surface area contributed by atoms with Crippen LogP contribution in [0.1, 0.15) is 32.3 Å². The van der Waals surface area contributed by atoms with Crippen molar-refractivity contribution in [3.05, 3.63) is 29.8 Å². The lowest BCUT2D eigenvalue weighted by Gasteiger charge is -2.27. The van der Waals surface area contributed by atoms with Crippen LogP contribution in [-0.4, -0.2) is 37.1 Å². The Morgan fingerprint density at radius 3 is 2.45 bits per heavy atom. The fourth-order valence-corrected chi connectivity index (χ4v) is 4.03. The highest BCUT2D eigenvalue weighted by Gasteiger charge is 2.40. The molecule has 0 bridgehead atoms. The van der Waals surface area contributed by atoms with Crippen LogP contribution in [0.2, 0.25) is 0 Å². The summed E-state index contributed by atoms with van der Waals surface area (Å²) in [6.07, 6.45) is 2.66. The number of benzene rings is 1. The van der Waals surface area contributed by atoms with E-state index in [1.54, 1.807) is 0 Å². The average molecular weight is 272 g/mol. The quantitative estimate of drug-likeness (QED) is 0.827. The molecule has 0 saturated carbocycles. The third-order valence-electron chi connectivity index (χ3n) is 5.21. The van der Waals surface area contributed by atoms with Gasteiger partial charge in [-0.1, -0.05) is 25.5 Å². The van der Waals surface area contributed by atoms with E-state index in [9.17, 15) is 0 Å². The molecule has 2 saturated heterocycles. The lowest BCUT2D eigenvalue weighted by atomic mass is 10.0. The van der Waals surface area contributed by atoms with Crippen molar-refractivity contribution in [2.24, 2.45) is 11.8 Å². The zero-order valence-electron chi connectivity index (χ0n) is 13.2. The molecule has 0 N–H and O–H groups in total. The molecule has 3 unspecified atom stereocenters. The topological polar surface area (TPSA) is 6.48 Å². The smallest absolute Gasteiger partial charge is 0.0369 e. The number of nitrogens with zero attached hydrogens (tertiary/aromatic N) is 2. The number of aryl methyl sites for hydroxylation is 1. The van der Waals surface area contributed by atoms with Crippen molar-refractivity contribution >= 4 is 5.69 Å². The third-order valence-corrected chi connectivity index (χ3v) is 5.21. The molecule has 1 aromatic carbocycles. The van der Waals surface area contributed by atoms with E-state index < -0.39 is 0 Å². The lowest BCUT2D eigenvalue weighted by Crippen LogP contribution is -2.34. The first-order valence-corrected chi connectivity index (χ1v) is 8.23. The molecule has 0 spiro atoms. The molecule has 0 aliphatic carbocycles. The van der Waals surface area contributed by atoms with Gasteiger partial charge in [0.05, 0.1) is 0 Å². The lowest BCUT2D eigenvalue weighted by molar-refractivity contribution is 0.231. The van der Waals surface area contributed by atoms with Gasteiger partial charge in [0.1, 0.15) is 0 Å². The Kier molecular flexibility index (Phi) is 4.02. The van der Waals surface area contributed by atoms with E-state index >= 15 is 0 Å². The zero-order chi connectivity index (χ0) is 14.1. The summed E-state index contributed by atoms with van der Waals surface area (Å²) in [7, 11) is 0. The van der Waals surface area contributed by atoms with Crippen LogP contribution in [0.5, 0.6) is 0 Å². The Morgan fingerprint density at radius 1 is 1.15 bits per heavy atom. The summed E-state index contributed by atoms with van der Waals surface area (Å²) < 4.78 is 0. The van der Waals surface area contributed by atoms with E-state index in [0.29, 0.717) is 0 Å².